The molecule has 0 bridgehead atoms. The molecule has 0 aliphatic carbocycles. The van der Waals surface area contributed by atoms with E-state index in [1.807, 2.05) is 17.5 Å². The van der Waals surface area contributed by atoms with Gasteiger partial charge in [-0.15, -0.1) is 0 Å². The van der Waals surface area contributed by atoms with E-state index in [0.717, 1.165) is 16.8 Å². The van der Waals surface area contributed by atoms with Gasteiger partial charge in [0.1, 0.15) is 0 Å². The van der Waals surface area contributed by atoms with Crippen LogP contribution in [0.1, 0.15) is 12.6 Å². The highest BCUT2D eigenvalue weighted by Crippen LogP contribution is 2.21. The monoisotopic (exact) mass is 259 g/mol. The SMILES string of the molecule is CCOC(=O)/C=C/c1ccc(-c2ccsc2)cn1. The average Bonchev–Trinajstić information content (AvgIpc) is 2.91. The van der Waals surface area contributed by atoms with Crippen molar-refractivity contribution in [1.82, 2.24) is 4.98 Å². The zero-order chi connectivity index (χ0) is 12.8. The van der Waals surface area contributed by atoms with E-state index in [-0.39, 0.29) is 5.97 Å². The Kier molecular flexibility index (Phi) is 4.25. The highest BCUT2D eigenvalue weighted by molar-refractivity contribution is 7.08. The number of pyridine rings is 1. The molecule has 2 aromatic rings. The lowest BCUT2D eigenvalue weighted by molar-refractivity contribution is -0.137. The summed E-state index contributed by atoms with van der Waals surface area (Å²) in [5.74, 6) is -0.346. The molecule has 0 atom stereocenters. The Morgan fingerprint density at radius 3 is 2.89 bits per heavy atom. The van der Waals surface area contributed by atoms with Crippen LogP contribution in [0.3, 0.4) is 0 Å². The lowest BCUT2D eigenvalue weighted by Gasteiger charge is -1.98. The molecule has 0 saturated heterocycles. The summed E-state index contributed by atoms with van der Waals surface area (Å²) < 4.78 is 4.79. The molecule has 2 aromatic heterocycles. The van der Waals surface area contributed by atoms with Crippen molar-refractivity contribution in [3.05, 3.63) is 46.9 Å². The maximum absolute atomic E-state index is 11.1. The molecule has 2 heterocycles. The minimum absolute atomic E-state index is 0.346. The number of rotatable bonds is 4. The van der Waals surface area contributed by atoms with Gasteiger partial charge in [0, 0.05) is 17.8 Å². The summed E-state index contributed by atoms with van der Waals surface area (Å²) in [6.07, 6.45) is 4.83. The second-order valence-electron chi connectivity index (χ2n) is 3.57. The Labute approximate surface area is 110 Å². The Hall–Kier alpha value is -1.94. The van der Waals surface area contributed by atoms with Gasteiger partial charge in [-0.25, -0.2) is 4.79 Å². The number of thiophene rings is 1. The lowest BCUT2D eigenvalue weighted by Crippen LogP contribution is -1.98. The fraction of sp³-hybridized carbons (Fsp3) is 0.143. The number of nitrogens with zero attached hydrogens (tertiary/aromatic N) is 1. The molecule has 0 N–H and O–H groups in total. The van der Waals surface area contributed by atoms with Crippen LogP contribution in [-0.4, -0.2) is 17.6 Å². The van der Waals surface area contributed by atoms with Crippen molar-refractivity contribution in [3.63, 3.8) is 0 Å². The Morgan fingerprint density at radius 2 is 2.28 bits per heavy atom. The fourth-order valence-corrected chi connectivity index (χ4v) is 2.11. The van der Waals surface area contributed by atoms with Crippen molar-refractivity contribution in [2.75, 3.05) is 6.61 Å². The van der Waals surface area contributed by atoms with Crippen LogP contribution in [0.15, 0.2) is 41.2 Å². The van der Waals surface area contributed by atoms with Crippen LogP contribution in [0, 0.1) is 0 Å². The highest BCUT2D eigenvalue weighted by Gasteiger charge is 1.99. The van der Waals surface area contributed by atoms with E-state index in [0.29, 0.717) is 6.61 Å². The molecule has 4 heteroatoms. The van der Waals surface area contributed by atoms with Crippen LogP contribution in [0.2, 0.25) is 0 Å². The van der Waals surface area contributed by atoms with Crippen molar-refractivity contribution in [2.24, 2.45) is 0 Å². The van der Waals surface area contributed by atoms with Crippen molar-refractivity contribution in [1.29, 1.82) is 0 Å². The van der Waals surface area contributed by atoms with Gasteiger partial charge in [-0.1, -0.05) is 6.07 Å². The molecule has 18 heavy (non-hydrogen) atoms. The van der Waals surface area contributed by atoms with Crippen LogP contribution in [0.25, 0.3) is 17.2 Å². The smallest absolute Gasteiger partial charge is 0.330 e. The number of aromatic nitrogens is 1. The molecular weight excluding hydrogens is 246 g/mol. The third-order valence-corrected chi connectivity index (χ3v) is 3.00. The molecule has 0 amide bonds. The second kappa shape index (κ2) is 6.12. The third-order valence-electron chi connectivity index (χ3n) is 2.32. The minimum Gasteiger partial charge on any atom is -0.463 e. The molecule has 0 saturated carbocycles. The topological polar surface area (TPSA) is 39.2 Å². The maximum Gasteiger partial charge on any atom is 0.330 e. The molecule has 3 nitrogen and oxygen atoms in total. The van der Waals surface area contributed by atoms with Crippen LogP contribution in [0.5, 0.6) is 0 Å². The van der Waals surface area contributed by atoms with Crippen LogP contribution in [-0.2, 0) is 9.53 Å². The molecule has 0 fully saturated rings. The standard InChI is InChI=1S/C14H13NO2S/c1-2-17-14(16)6-5-13-4-3-11(9-15-13)12-7-8-18-10-12/h3-10H,2H2,1H3/b6-5+. The van der Waals surface area contributed by atoms with Gasteiger partial charge in [0.15, 0.2) is 0 Å². The van der Waals surface area contributed by atoms with Gasteiger partial charge in [-0.2, -0.15) is 11.3 Å². The normalized spacial score (nSPS) is 10.7. The molecule has 2 rings (SSSR count). The van der Waals surface area contributed by atoms with Crippen molar-refractivity contribution in [3.8, 4) is 11.1 Å². The number of esters is 1. The van der Waals surface area contributed by atoms with Gasteiger partial charge in [0.05, 0.1) is 12.3 Å². The van der Waals surface area contributed by atoms with E-state index in [1.54, 1.807) is 30.5 Å². The molecule has 0 aliphatic rings. The van der Waals surface area contributed by atoms with Crippen LogP contribution >= 0.6 is 11.3 Å². The van der Waals surface area contributed by atoms with Gasteiger partial charge < -0.3 is 4.74 Å². The maximum atomic E-state index is 11.1. The summed E-state index contributed by atoms with van der Waals surface area (Å²) in [7, 11) is 0. The van der Waals surface area contributed by atoms with Crippen LogP contribution < -0.4 is 0 Å². The molecule has 0 spiro atoms. The summed E-state index contributed by atoms with van der Waals surface area (Å²) in [6.45, 7) is 2.16. The summed E-state index contributed by atoms with van der Waals surface area (Å²) >= 11 is 1.66. The Balaban J connectivity index is 2.06. The molecule has 0 aromatic carbocycles. The first kappa shape index (κ1) is 12.5. The van der Waals surface area contributed by atoms with Gasteiger partial charge in [0.25, 0.3) is 0 Å². The lowest BCUT2D eigenvalue weighted by atomic mass is 10.1. The van der Waals surface area contributed by atoms with Crippen molar-refractivity contribution < 1.29 is 9.53 Å². The predicted octanol–water partition coefficient (Wildman–Crippen LogP) is 3.39. The average molecular weight is 259 g/mol. The van der Waals surface area contributed by atoms with Crippen molar-refractivity contribution >= 4 is 23.4 Å². The van der Waals surface area contributed by atoms with Crippen LogP contribution in [0.4, 0.5) is 0 Å². The molecular formula is C14H13NO2S. The summed E-state index contributed by atoms with van der Waals surface area (Å²) in [4.78, 5) is 15.4. The largest absolute Gasteiger partial charge is 0.463 e. The third kappa shape index (κ3) is 3.28. The van der Waals surface area contributed by atoms with E-state index in [2.05, 4.69) is 16.4 Å². The first-order valence-corrected chi connectivity index (χ1v) is 6.57. The highest BCUT2D eigenvalue weighted by atomic mass is 32.1. The summed E-state index contributed by atoms with van der Waals surface area (Å²) in [6, 6.07) is 5.92. The molecule has 92 valence electrons. The number of ether oxygens (including phenoxy) is 1. The summed E-state index contributed by atoms with van der Waals surface area (Å²) in [5, 5.41) is 4.11. The molecule has 0 unspecified atom stereocenters. The van der Waals surface area contributed by atoms with E-state index in [4.69, 9.17) is 4.74 Å². The van der Waals surface area contributed by atoms with E-state index < -0.39 is 0 Å². The zero-order valence-electron chi connectivity index (χ0n) is 10.00. The second-order valence-corrected chi connectivity index (χ2v) is 4.35. The molecule has 0 radical (unpaired) electrons. The number of carbonyl (C=O) groups is 1. The van der Waals surface area contributed by atoms with Gasteiger partial charge in [-0.3, -0.25) is 4.98 Å². The zero-order valence-corrected chi connectivity index (χ0v) is 10.8. The number of hydrogen-bond donors (Lipinski definition) is 0. The predicted molar refractivity (Wildman–Crippen MR) is 73.2 cm³/mol. The number of hydrogen-bond acceptors (Lipinski definition) is 4. The molecule has 0 aliphatic heterocycles. The van der Waals surface area contributed by atoms with E-state index in [1.165, 1.54) is 6.08 Å². The quantitative estimate of drug-likeness (QED) is 0.624. The number of carbonyl (C=O) groups excluding carboxylic acids is 1. The minimum atomic E-state index is -0.346. The first-order chi connectivity index (χ1) is 8.79. The van der Waals surface area contributed by atoms with Gasteiger partial charge in [-0.05, 0) is 41.5 Å². The van der Waals surface area contributed by atoms with E-state index in [9.17, 15) is 4.79 Å². The summed E-state index contributed by atoms with van der Waals surface area (Å²) in [5.41, 5.74) is 2.97. The van der Waals surface area contributed by atoms with Gasteiger partial charge in [0.2, 0.25) is 0 Å². The first-order valence-electron chi connectivity index (χ1n) is 5.63. The Bertz CT molecular complexity index is 529. The van der Waals surface area contributed by atoms with Gasteiger partial charge >= 0.3 is 5.97 Å². The Morgan fingerprint density at radius 1 is 1.39 bits per heavy atom. The van der Waals surface area contributed by atoms with Crippen molar-refractivity contribution in [2.45, 2.75) is 6.92 Å². The van der Waals surface area contributed by atoms with E-state index >= 15 is 0 Å². The fourth-order valence-electron chi connectivity index (χ4n) is 1.45.